The molecule has 152 valence electrons. The number of allylic oxidation sites excluding steroid dienone is 1. The third-order valence-corrected chi connectivity index (χ3v) is 7.72. The van der Waals surface area contributed by atoms with Crippen LogP contribution in [0, 0.1) is 11.3 Å². The molecule has 2 amide bonds. The predicted molar refractivity (Wildman–Crippen MR) is 112 cm³/mol. The van der Waals surface area contributed by atoms with Crippen LogP contribution in [0.15, 0.2) is 29.6 Å². The van der Waals surface area contributed by atoms with Gasteiger partial charge in [-0.3, -0.25) is 19.6 Å². The van der Waals surface area contributed by atoms with Gasteiger partial charge in [-0.25, -0.2) is 4.79 Å². The maximum atomic E-state index is 13.1. The molecule has 0 spiro atoms. The second-order valence-corrected chi connectivity index (χ2v) is 9.39. The number of nitrogens with one attached hydrogen (secondary N) is 2. The molecule has 2 aliphatic heterocycles. The van der Waals surface area contributed by atoms with E-state index < -0.39 is 22.1 Å². The lowest BCUT2D eigenvalue weighted by atomic mass is 10.00. The molecule has 0 unspecified atom stereocenters. The Morgan fingerprint density at radius 2 is 2.41 bits per heavy atom. The van der Waals surface area contributed by atoms with E-state index in [-0.39, 0.29) is 17.4 Å². The standard InChI is InChI=1S/C17H17N5O4S3/c1-2-29-17(21-12(23)9-27-5-3-4-18)15(26)22-13(14(24)25)11(8-28-16(17)22)10-6-19-20-7-10/h3,5-7,16H,2,8-9H2,1H3,(H,19,20)(H,21,23)(H,24,25)/b5-3-/t16-,17-/m0/s1. The Labute approximate surface area is 179 Å². The molecule has 3 heterocycles. The Bertz CT molecular complexity index is 924. The number of rotatable bonds is 8. The molecule has 1 fully saturated rings. The number of β-lactam (4-membered cyclic amide) rings is 1. The van der Waals surface area contributed by atoms with E-state index in [1.165, 1.54) is 46.1 Å². The number of hydrogen-bond donors (Lipinski definition) is 3. The molecule has 3 N–H and O–H groups in total. The number of amides is 2. The zero-order valence-electron chi connectivity index (χ0n) is 15.2. The Morgan fingerprint density at radius 3 is 3.03 bits per heavy atom. The number of carboxylic acid groups (broad SMARTS) is 1. The summed E-state index contributed by atoms with van der Waals surface area (Å²) in [6.07, 6.45) is 4.37. The van der Waals surface area contributed by atoms with E-state index in [2.05, 4.69) is 15.5 Å². The molecule has 3 rings (SSSR count). The number of H-pyrrole nitrogens is 1. The first-order valence-electron chi connectivity index (χ1n) is 8.48. The number of aliphatic carboxylic acids is 1. The van der Waals surface area contributed by atoms with Crippen molar-refractivity contribution in [1.29, 1.82) is 5.26 Å². The van der Waals surface area contributed by atoms with Gasteiger partial charge in [-0.15, -0.1) is 35.3 Å². The highest BCUT2D eigenvalue weighted by Gasteiger charge is 2.65. The average molecular weight is 452 g/mol. The zero-order valence-corrected chi connectivity index (χ0v) is 17.7. The lowest BCUT2D eigenvalue weighted by Gasteiger charge is -2.56. The summed E-state index contributed by atoms with van der Waals surface area (Å²) >= 11 is 3.84. The summed E-state index contributed by atoms with van der Waals surface area (Å²) in [5.74, 6) is -1.01. The van der Waals surface area contributed by atoms with E-state index in [4.69, 9.17) is 5.26 Å². The van der Waals surface area contributed by atoms with Crippen LogP contribution in [-0.4, -0.2) is 65.5 Å². The van der Waals surface area contributed by atoms with E-state index in [1.807, 2.05) is 13.0 Å². The quantitative estimate of drug-likeness (QED) is 0.304. The van der Waals surface area contributed by atoms with Crippen molar-refractivity contribution in [3.05, 3.63) is 35.1 Å². The molecule has 29 heavy (non-hydrogen) atoms. The fourth-order valence-electron chi connectivity index (χ4n) is 3.12. The van der Waals surface area contributed by atoms with Crippen LogP contribution in [0.1, 0.15) is 12.5 Å². The summed E-state index contributed by atoms with van der Waals surface area (Å²) in [4.78, 5) is 37.5. The minimum absolute atomic E-state index is 0.0523. The van der Waals surface area contributed by atoms with Crippen molar-refractivity contribution in [2.24, 2.45) is 0 Å². The number of carbonyl (C=O) groups is 3. The highest BCUT2D eigenvalue weighted by atomic mass is 32.2. The monoisotopic (exact) mass is 451 g/mol. The SMILES string of the molecule is CCS[C@@]1(NC(=O)CS/C=C\C#N)C(=O)N2C(C(=O)O)=C(c3cn[nH]c3)CS[C@H]21. The number of thioether (sulfide) groups is 3. The van der Waals surface area contributed by atoms with Gasteiger partial charge in [0.2, 0.25) is 5.91 Å². The topological polar surface area (TPSA) is 139 Å². The second kappa shape index (κ2) is 8.98. The molecule has 1 aromatic rings. The Kier molecular flexibility index (Phi) is 6.61. The van der Waals surface area contributed by atoms with Crippen molar-refractivity contribution >= 4 is 58.6 Å². The van der Waals surface area contributed by atoms with E-state index in [1.54, 1.807) is 6.20 Å². The number of nitrogens with zero attached hydrogens (tertiary/aromatic N) is 3. The Morgan fingerprint density at radius 1 is 1.62 bits per heavy atom. The van der Waals surface area contributed by atoms with Gasteiger partial charge in [-0.2, -0.15) is 10.4 Å². The molecule has 0 bridgehead atoms. The van der Waals surface area contributed by atoms with E-state index >= 15 is 0 Å². The normalized spacial score (nSPS) is 23.5. The minimum Gasteiger partial charge on any atom is -0.477 e. The molecule has 0 radical (unpaired) electrons. The van der Waals surface area contributed by atoms with E-state index in [9.17, 15) is 19.5 Å². The van der Waals surface area contributed by atoms with Gasteiger partial charge in [0, 0.05) is 29.2 Å². The maximum Gasteiger partial charge on any atom is 0.352 e. The van der Waals surface area contributed by atoms with Crippen molar-refractivity contribution in [1.82, 2.24) is 20.4 Å². The van der Waals surface area contributed by atoms with Gasteiger partial charge in [0.1, 0.15) is 11.1 Å². The highest BCUT2D eigenvalue weighted by Crippen LogP contribution is 2.52. The molecule has 2 atom stereocenters. The molecule has 0 aliphatic carbocycles. The lowest BCUT2D eigenvalue weighted by Crippen LogP contribution is -2.78. The van der Waals surface area contributed by atoms with Crippen LogP contribution in [-0.2, 0) is 14.4 Å². The second-order valence-electron chi connectivity index (χ2n) is 5.92. The molecule has 12 heteroatoms. The highest BCUT2D eigenvalue weighted by molar-refractivity contribution is 8.05. The van der Waals surface area contributed by atoms with Crippen LogP contribution in [0.5, 0.6) is 0 Å². The largest absolute Gasteiger partial charge is 0.477 e. The van der Waals surface area contributed by atoms with Crippen molar-refractivity contribution in [3.8, 4) is 6.07 Å². The molecule has 0 aromatic carbocycles. The van der Waals surface area contributed by atoms with Crippen LogP contribution >= 0.6 is 35.3 Å². The number of hydrogen-bond acceptors (Lipinski definition) is 8. The molecule has 2 aliphatic rings. The maximum absolute atomic E-state index is 13.1. The van der Waals surface area contributed by atoms with Crippen LogP contribution in [0.25, 0.3) is 5.57 Å². The summed E-state index contributed by atoms with van der Waals surface area (Å²) in [5, 5.41) is 28.6. The van der Waals surface area contributed by atoms with Crippen molar-refractivity contribution in [2.45, 2.75) is 17.2 Å². The van der Waals surface area contributed by atoms with Gasteiger partial charge in [-0.1, -0.05) is 6.92 Å². The van der Waals surface area contributed by atoms with Crippen LogP contribution < -0.4 is 5.32 Å². The van der Waals surface area contributed by atoms with Crippen LogP contribution in [0.3, 0.4) is 0 Å². The first-order valence-corrected chi connectivity index (χ1v) is 11.6. The molecular weight excluding hydrogens is 434 g/mol. The molecule has 1 aromatic heterocycles. The van der Waals surface area contributed by atoms with E-state index in [0.29, 0.717) is 22.6 Å². The van der Waals surface area contributed by atoms with Gasteiger partial charge in [0.15, 0.2) is 4.87 Å². The number of carboxylic acids is 1. The van der Waals surface area contributed by atoms with Gasteiger partial charge in [0.05, 0.1) is 18.0 Å². The van der Waals surface area contributed by atoms with Gasteiger partial charge >= 0.3 is 5.97 Å². The van der Waals surface area contributed by atoms with E-state index in [0.717, 1.165) is 11.8 Å². The zero-order chi connectivity index (χ0) is 21.0. The Balaban J connectivity index is 1.86. The fraction of sp³-hybridized carbons (Fsp3) is 0.353. The van der Waals surface area contributed by atoms with Crippen LogP contribution in [0.4, 0.5) is 0 Å². The van der Waals surface area contributed by atoms with Gasteiger partial charge < -0.3 is 10.4 Å². The first kappa shape index (κ1) is 21.4. The molecule has 9 nitrogen and oxygen atoms in total. The third kappa shape index (κ3) is 3.90. The summed E-state index contributed by atoms with van der Waals surface area (Å²) < 4.78 is 0. The van der Waals surface area contributed by atoms with Crippen molar-refractivity contribution in [3.63, 3.8) is 0 Å². The minimum atomic E-state index is -1.21. The van der Waals surface area contributed by atoms with Crippen molar-refractivity contribution < 1.29 is 19.5 Å². The smallest absolute Gasteiger partial charge is 0.352 e. The number of nitriles is 1. The summed E-state index contributed by atoms with van der Waals surface area (Å²) in [6.45, 7) is 1.87. The number of aromatic amines is 1. The summed E-state index contributed by atoms with van der Waals surface area (Å²) in [7, 11) is 0. The third-order valence-electron chi connectivity index (χ3n) is 4.23. The number of carbonyl (C=O) groups excluding carboxylic acids is 2. The Hall–Kier alpha value is -2.36. The summed E-state index contributed by atoms with van der Waals surface area (Å²) in [6, 6.07) is 1.84. The fourth-order valence-corrected chi connectivity index (χ4v) is 6.49. The number of aromatic nitrogens is 2. The van der Waals surface area contributed by atoms with Gasteiger partial charge in [-0.05, 0) is 11.2 Å². The first-order chi connectivity index (χ1) is 14.0. The van der Waals surface area contributed by atoms with Crippen LogP contribution in [0.2, 0.25) is 0 Å². The summed E-state index contributed by atoms with van der Waals surface area (Å²) in [5.41, 5.74) is 1.05. The molecular formula is C17H17N5O4S3. The predicted octanol–water partition coefficient (Wildman–Crippen LogP) is 1.46. The number of fused-ring (bicyclic) bond motifs is 1. The molecule has 0 saturated carbocycles. The molecule has 1 saturated heterocycles. The van der Waals surface area contributed by atoms with Gasteiger partial charge in [0.25, 0.3) is 5.91 Å². The lowest BCUT2D eigenvalue weighted by molar-refractivity contribution is -0.152. The average Bonchev–Trinajstić information content (AvgIpc) is 3.24. The van der Waals surface area contributed by atoms with Crippen molar-refractivity contribution in [2.75, 3.05) is 17.3 Å².